The van der Waals surface area contributed by atoms with Crippen LogP contribution < -0.4 is 5.73 Å². The molecule has 0 heterocycles. The number of amides is 1. The minimum Gasteiger partial charge on any atom is -0.370 e. The fourth-order valence-electron chi connectivity index (χ4n) is 1.29. The highest BCUT2D eigenvalue weighted by atomic mass is 32.1. The predicted octanol–water partition coefficient (Wildman–Crippen LogP) is 2.52. The fourth-order valence-corrected chi connectivity index (χ4v) is 1.52. The topological polar surface area (TPSA) is 43.1 Å². The number of rotatable bonds is 9. The Morgan fingerprint density at radius 2 is 1.38 bits per heavy atom. The van der Waals surface area contributed by atoms with Crippen LogP contribution in [-0.4, -0.2) is 11.7 Å². The summed E-state index contributed by atoms with van der Waals surface area (Å²) >= 11 is 4.15. The Labute approximate surface area is 86.7 Å². The van der Waals surface area contributed by atoms with Crippen LogP contribution in [-0.2, 0) is 4.79 Å². The Morgan fingerprint density at radius 3 is 1.85 bits per heavy atom. The van der Waals surface area contributed by atoms with Crippen LogP contribution in [0.4, 0.5) is 0 Å². The summed E-state index contributed by atoms with van der Waals surface area (Å²) in [7, 11) is 0. The van der Waals surface area contributed by atoms with Gasteiger partial charge < -0.3 is 5.73 Å². The van der Waals surface area contributed by atoms with E-state index in [0.717, 1.165) is 18.6 Å². The van der Waals surface area contributed by atoms with Crippen LogP contribution in [0.3, 0.4) is 0 Å². The smallest absolute Gasteiger partial charge is 0.217 e. The summed E-state index contributed by atoms with van der Waals surface area (Å²) in [6, 6.07) is 0. The fraction of sp³-hybridized carbons (Fsp3) is 0.900. The van der Waals surface area contributed by atoms with Gasteiger partial charge in [-0.3, -0.25) is 4.79 Å². The molecule has 0 aromatic heterocycles. The third-order valence-electron chi connectivity index (χ3n) is 2.08. The van der Waals surface area contributed by atoms with Gasteiger partial charge in [0.15, 0.2) is 0 Å². The van der Waals surface area contributed by atoms with E-state index >= 15 is 0 Å². The lowest BCUT2D eigenvalue weighted by Crippen LogP contribution is -2.09. The van der Waals surface area contributed by atoms with Crippen molar-refractivity contribution in [2.24, 2.45) is 5.73 Å². The number of thiol groups is 1. The summed E-state index contributed by atoms with van der Waals surface area (Å²) < 4.78 is 0. The number of hydrogen-bond donors (Lipinski definition) is 2. The Hall–Kier alpha value is -0.180. The molecule has 0 spiro atoms. The first kappa shape index (κ1) is 12.8. The summed E-state index contributed by atoms with van der Waals surface area (Å²) in [5.41, 5.74) is 5.03. The normalized spacial score (nSPS) is 10.2. The van der Waals surface area contributed by atoms with Crippen LogP contribution >= 0.6 is 12.6 Å². The zero-order valence-electron chi connectivity index (χ0n) is 8.30. The van der Waals surface area contributed by atoms with Crippen LogP contribution in [0, 0.1) is 0 Å². The van der Waals surface area contributed by atoms with E-state index in [1.54, 1.807) is 0 Å². The van der Waals surface area contributed by atoms with Crippen LogP contribution in [0.15, 0.2) is 0 Å². The Bertz CT molecular complexity index is 128. The van der Waals surface area contributed by atoms with Crippen molar-refractivity contribution >= 4 is 18.5 Å². The Balaban J connectivity index is 2.87. The van der Waals surface area contributed by atoms with Gasteiger partial charge in [0.05, 0.1) is 0 Å². The van der Waals surface area contributed by atoms with Crippen molar-refractivity contribution in [1.29, 1.82) is 0 Å². The molecule has 0 saturated carbocycles. The molecular weight excluding hydrogens is 182 g/mol. The lowest BCUT2D eigenvalue weighted by molar-refractivity contribution is -0.118. The molecule has 0 aromatic carbocycles. The zero-order valence-corrected chi connectivity index (χ0v) is 9.19. The highest BCUT2D eigenvalue weighted by molar-refractivity contribution is 7.80. The molecule has 0 aromatic rings. The molecule has 0 radical (unpaired) electrons. The standard InChI is InChI=1S/C10H21NOS/c11-10(12)8-6-4-2-1-3-5-7-9-13/h13H,1-9H2,(H2,11,12). The van der Waals surface area contributed by atoms with E-state index < -0.39 is 0 Å². The monoisotopic (exact) mass is 203 g/mol. The van der Waals surface area contributed by atoms with E-state index in [4.69, 9.17) is 5.73 Å². The average molecular weight is 203 g/mol. The number of hydrogen-bond acceptors (Lipinski definition) is 2. The van der Waals surface area contributed by atoms with Gasteiger partial charge in [-0.05, 0) is 18.6 Å². The maximum Gasteiger partial charge on any atom is 0.217 e. The van der Waals surface area contributed by atoms with Gasteiger partial charge in [0.25, 0.3) is 0 Å². The first-order valence-corrected chi connectivity index (χ1v) is 5.80. The molecule has 0 unspecified atom stereocenters. The predicted molar refractivity (Wildman–Crippen MR) is 60.0 cm³/mol. The molecule has 3 heteroatoms. The van der Waals surface area contributed by atoms with Gasteiger partial charge in [-0.1, -0.05) is 32.1 Å². The van der Waals surface area contributed by atoms with Gasteiger partial charge in [0, 0.05) is 6.42 Å². The van der Waals surface area contributed by atoms with Crippen molar-refractivity contribution in [1.82, 2.24) is 0 Å². The largest absolute Gasteiger partial charge is 0.370 e. The molecule has 78 valence electrons. The molecule has 0 fully saturated rings. The zero-order chi connectivity index (χ0) is 9.94. The van der Waals surface area contributed by atoms with Gasteiger partial charge in [-0.2, -0.15) is 12.6 Å². The van der Waals surface area contributed by atoms with Crippen LogP contribution in [0.2, 0.25) is 0 Å². The van der Waals surface area contributed by atoms with Crippen molar-refractivity contribution in [3.8, 4) is 0 Å². The SMILES string of the molecule is NC(=O)CCCCCCCCCS. The molecule has 2 nitrogen and oxygen atoms in total. The highest BCUT2D eigenvalue weighted by Gasteiger charge is 1.94. The van der Waals surface area contributed by atoms with Crippen molar-refractivity contribution in [2.45, 2.75) is 51.4 Å². The molecule has 0 atom stereocenters. The summed E-state index contributed by atoms with van der Waals surface area (Å²) in [5.74, 6) is 0.830. The summed E-state index contributed by atoms with van der Waals surface area (Å²) in [6.07, 6.45) is 9.00. The second-order valence-corrected chi connectivity index (χ2v) is 3.86. The first-order valence-electron chi connectivity index (χ1n) is 5.16. The van der Waals surface area contributed by atoms with Crippen LogP contribution in [0.1, 0.15) is 51.4 Å². The molecule has 0 aliphatic rings. The maximum absolute atomic E-state index is 10.4. The maximum atomic E-state index is 10.4. The second-order valence-electron chi connectivity index (χ2n) is 3.41. The Morgan fingerprint density at radius 1 is 0.923 bits per heavy atom. The van der Waals surface area contributed by atoms with Gasteiger partial charge in [0.2, 0.25) is 5.91 Å². The number of carbonyl (C=O) groups excluding carboxylic acids is 1. The molecule has 2 N–H and O–H groups in total. The minimum atomic E-state index is -0.171. The third kappa shape index (κ3) is 11.8. The molecule has 0 saturated heterocycles. The minimum absolute atomic E-state index is 0.171. The quantitative estimate of drug-likeness (QED) is 0.439. The molecule has 1 amide bonds. The summed E-state index contributed by atoms with van der Waals surface area (Å²) in [6.45, 7) is 0. The number of carbonyl (C=O) groups is 1. The van der Waals surface area contributed by atoms with Crippen molar-refractivity contribution in [2.75, 3.05) is 5.75 Å². The van der Waals surface area contributed by atoms with Crippen LogP contribution in [0.25, 0.3) is 0 Å². The van der Waals surface area contributed by atoms with Gasteiger partial charge in [0.1, 0.15) is 0 Å². The number of nitrogens with two attached hydrogens (primary N) is 1. The molecule has 0 aliphatic carbocycles. The molecule has 13 heavy (non-hydrogen) atoms. The summed E-state index contributed by atoms with van der Waals surface area (Å²) in [5, 5.41) is 0. The summed E-state index contributed by atoms with van der Waals surface area (Å²) in [4.78, 5) is 10.4. The third-order valence-corrected chi connectivity index (χ3v) is 2.40. The van der Waals surface area contributed by atoms with E-state index in [2.05, 4.69) is 12.6 Å². The lowest BCUT2D eigenvalue weighted by atomic mass is 10.1. The lowest BCUT2D eigenvalue weighted by Gasteiger charge is -1.99. The average Bonchev–Trinajstić information content (AvgIpc) is 2.09. The molecule has 0 rings (SSSR count). The van der Waals surface area contributed by atoms with Crippen molar-refractivity contribution in [3.05, 3.63) is 0 Å². The van der Waals surface area contributed by atoms with Gasteiger partial charge in [-0.15, -0.1) is 0 Å². The van der Waals surface area contributed by atoms with Gasteiger partial charge in [-0.25, -0.2) is 0 Å². The van der Waals surface area contributed by atoms with Gasteiger partial charge >= 0.3 is 0 Å². The van der Waals surface area contributed by atoms with E-state index in [1.807, 2.05) is 0 Å². The Kier molecular flexibility index (Phi) is 9.77. The first-order chi connectivity index (χ1) is 6.27. The number of primary amides is 1. The van der Waals surface area contributed by atoms with E-state index in [-0.39, 0.29) is 5.91 Å². The number of unbranched alkanes of at least 4 members (excludes halogenated alkanes) is 6. The van der Waals surface area contributed by atoms with Crippen LogP contribution in [0.5, 0.6) is 0 Å². The second kappa shape index (κ2) is 9.90. The van der Waals surface area contributed by atoms with Crippen molar-refractivity contribution < 1.29 is 4.79 Å². The highest BCUT2D eigenvalue weighted by Crippen LogP contribution is 2.08. The molecule has 0 bridgehead atoms. The van der Waals surface area contributed by atoms with E-state index in [9.17, 15) is 4.79 Å². The van der Waals surface area contributed by atoms with Crippen molar-refractivity contribution in [3.63, 3.8) is 0 Å². The van der Waals surface area contributed by atoms with E-state index in [0.29, 0.717) is 6.42 Å². The molecule has 0 aliphatic heterocycles. The molecular formula is C10H21NOS. The van der Waals surface area contributed by atoms with E-state index in [1.165, 1.54) is 32.1 Å².